The fourth-order valence-electron chi connectivity index (χ4n) is 6.74. The van der Waals surface area contributed by atoms with Crippen molar-refractivity contribution in [2.75, 3.05) is 6.54 Å². The Hall–Kier alpha value is -2.61. The number of fused-ring (bicyclic) bond motifs is 2. The van der Waals surface area contributed by atoms with Gasteiger partial charge in [-0.1, -0.05) is 53.1 Å². The van der Waals surface area contributed by atoms with Crippen molar-refractivity contribution in [2.24, 2.45) is 11.3 Å². The van der Waals surface area contributed by atoms with Crippen LogP contribution in [0.4, 0.5) is 0 Å². The van der Waals surface area contributed by atoms with Gasteiger partial charge >= 0.3 is 0 Å². The van der Waals surface area contributed by atoms with Crippen molar-refractivity contribution in [3.8, 4) is 0 Å². The molecule has 0 amide bonds. The number of aryl methyl sites for hydroxylation is 3. The minimum absolute atomic E-state index is 0.169. The first-order valence-corrected chi connectivity index (χ1v) is 17.5. The van der Waals surface area contributed by atoms with Crippen LogP contribution in [0, 0.1) is 32.1 Å². The SMILES string of the molecule is Cc1ccc(S(=O)(=O)N2C[C@H]3C[C@@H]2CC3(Cc2cc(C)ccc2S(=O)(=O)O)Cc2cc(C)ccc2S(=O)(=O)O)cc1. The van der Waals surface area contributed by atoms with Gasteiger partial charge in [0.05, 0.1) is 14.7 Å². The van der Waals surface area contributed by atoms with Crippen molar-refractivity contribution in [1.29, 1.82) is 0 Å². The summed E-state index contributed by atoms with van der Waals surface area (Å²) in [5.41, 5.74) is 2.52. The zero-order valence-corrected chi connectivity index (χ0v) is 25.4. The smallest absolute Gasteiger partial charge is 0.282 e. The Morgan fingerprint density at radius 1 is 0.732 bits per heavy atom. The first-order valence-electron chi connectivity index (χ1n) is 13.2. The summed E-state index contributed by atoms with van der Waals surface area (Å²) in [5.74, 6) is -0.239. The average molecular weight is 620 g/mol. The van der Waals surface area contributed by atoms with Gasteiger partial charge in [-0.2, -0.15) is 21.1 Å². The molecule has 0 aromatic heterocycles. The highest BCUT2D eigenvalue weighted by atomic mass is 32.2. The minimum atomic E-state index is -4.56. The van der Waals surface area contributed by atoms with Crippen LogP contribution in [-0.2, 0) is 43.1 Å². The van der Waals surface area contributed by atoms with Crippen molar-refractivity contribution in [2.45, 2.75) is 67.2 Å². The molecule has 220 valence electrons. The molecule has 1 aliphatic heterocycles. The molecule has 2 bridgehead atoms. The highest BCUT2D eigenvalue weighted by Gasteiger charge is 2.57. The summed E-state index contributed by atoms with van der Waals surface area (Å²) >= 11 is 0. The number of nitrogens with zero attached hydrogens (tertiary/aromatic N) is 1. The summed E-state index contributed by atoms with van der Waals surface area (Å²) in [5, 5.41) is 0. The van der Waals surface area contributed by atoms with Crippen LogP contribution in [0.5, 0.6) is 0 Å². The monoisotopic (exact) mass is 619 g/mol. The molecular weight excluding hydrogens is 587 g/mol. The number of hydrogen-bond acceptors (Lipinski definition) is 6. The molecule has 5 rings (SSSR count). The molecule has 41 heavy (non-hydrogen) atoms. The van der Waals surface area contributed by atoms with Crippen molar-refractivity contribution in [3.63, 3.8) is 0 Å². The molecule has 2 N–H and O–H groups in total. The second-order valence-electron chi connectivity index (χ2n) is 11.6. The minimum Gasteiger partial charge on any atom is -0.282 e. The Morgan fingerprint density at radius 2 is 1.20 bits per heavy atom. The summed E-state index contributed by atoms with van der Waals surface area (Å²) in [4.78, 5) is -0.261. The van der Waals surface area contributed by atoms with Gasteiger partial charge in [-0.05, 0) is 93.2 Å². The molecular formula is C29H33NO8S3. The summed E-state index contributed by atoms with van der Waals surface area (Å²) < 4.78 is 98.0. The third-order valence-corrected chi connectivity index (χ3v) is 12.4. The second-order valence-corrected chi connectivity index (χ2v) is 16.2. The van der Waals surface area contributed by atoms with E-state index in [0.29, 0.717) is 24.0 Å². The maximum Gasteiger partial charge on any atom is 0.294 e. The Balaban J connectivity index is 1.60. The lowest BCUT2D eigenvalue weighted by molar-refractivity contribution is 0.134. The van der Waals surface area contributed by atoms with Crippen LogP contribution >= 0.6 is 0 Å². The Kier molecular flexibility index (Phi) is 7.49. The number of rotatable bonds is 8. The highest BCUT2D eigenvalue weighted by molar-refractivity contribution is 7.89. The lowest BCUT2D eigenvalue weighted by atomic mass is 9.68. The molecule has 1 saturated heterocycles. The first-order chi connectivity index (χ1) is 19.0. The van der Waals surface area contributed by atoms with Gasteiger partial charge in [0.2, 0.25) is 10.0 Å². The van der Waals surface area contributed by atoms with E-state index in [0.717, 1.165) is 16.7 Å². The van der Waals surface area contributed by atoms with Crippen LogP contribution in [0.2, 0.25) is 0 Å². The number of benzene rings is 3. The normalized spacial score (nSPS) is 20.9. The van der Waals surface area contributed by atoms with Crippen molar-refractivity contribution in [3.05, 3.63) is 88.5 Å². The van der Waals surface area contributed by atoms with E-state index in [4.69, 9.17) is 0 Å². The fourth-order valence-corrected chi connectivity index (χ4v) is 9.83. The summed E-state index contributed by atoms with van der Waals surface area (Å²) in [6.07, 6.45) is 1.20. The van der Waals surface area contributed by atoms with E-state index >= 15 is 0 Å². The van der Waals surface area contributed by atoms with Crippen LogP contribution < -0.4 is 0 Å². The Labute approximate surface area is 241 Å². The lowest BCUT2D eigenvalue weighted by Crippen LogP contribution is -2.46. The third-order valence-electron chi connectivity index (χ3n) is 8.57. The molecule has 0 spiro atoms. The molecule has 1 heterocycles. The molecule has 2 atom stereocenters. The van der Waals surface area contributed by atoms with Gasteiger partial charge in [0, 0.05) is 12.6 Å². The van der Waals surface area contributed by atoms with Gasteiger partial charge in [-0.15, -0.1) is 0 Å². The van der Waals surface area contributed by atoms with Crippen LogP contribution in [0.15, 0.2) is 75.4 Å². The van der Waals surface area contributed by atoms with Gasteiger partial charge in [0.15, 0.2) is 0 Å². The van der Waals surface area contributed by atoms with E-state index in [1.165, 1.54) is 16.4 Å². The standard InChI is InChI=1S/C29H33NO8S3/c1-19-4-8-26(9-5-19)39(31,32)30-18-24-14-25(30)17-29(24,15-22-12-20(2)6-10-27(22)40(33,34)35)16-23-13-21(3)7-11-28(23)41(36,37)38/h4-13,24-25H,14-18H2,1-3H3,(H,33,34,35)(H,36,37,38)/t24-,25-/m1/s1. The predicted octanol–water partition coefficient (Wildman–Crippen LogP) is 4.36. The van der Waals surface area contributed by atoms with Crippen LogP contribution in [0.25, 0.3) is 0 Å². The summed E-state index contributed by atoms with van der Waals surface area (Å²) in [7, 11) is -12.9. The Morgan fingerprint density at radius 3 is 1.61 bits per heavy atom. The van der Waals surface area contributed by atoms with Gasteiger partial charge in [-0.25, -0.2) is 8.42 Å². The number of hydrogen-bond donors (Lipinski definition) is 2. The van der Waals surface area contributed by atoms with Crippen LogP contribution in [0.1, 0.15) is 40.7 Å². The Bertz CT molecular complexity index is 1750. The van der Waals surface area contributed by atoms with Crippen molar-refractivity contribution in [1.82, 2.24) is 4.31 Å². The molecule has 0 unspecified atom stereocenters. The molecule has 12 heteroatoms. The number of piperidine rings is 1. The van der Waals surface area contributed by atoms with E-state index in [-0.39, 0.29) is 46.0 Å². The van der Waals surface area contributed by atoms with Crippen molar-refractivity contribution < 1.29 is 34.4 Å². The molecule has 1 aliphatic carbocycles. The van der Waals surface area contributed by atoms with Gasteiger partial charge in [0.25, 0.3) is 20.2 Å². The predicted molar refractivity (Wildman–Crippen MR) is 153 cm³/mol. The van der Waals surface area contributed by atoms with E-state index in [9.17, 15) is 34.4 Å². The topological polar surface area (TPSA) is 146 Å². The third kappa shape index (κ3) is 5.73. The summed E-state index contributed by atoms with van der Waals surface area (Å²) in [6.45, 7) is 5.66. The molecule has 3 aromatic carbocycles. The molecule has 9 nitrogen and oxygen atoms in total. The maximum absolute atomic E-state index is 13.6. The molecule has 1 saturated carbocycles. The zero-order chi connectivity index (χ0) is 30.0. The molecule has 2 fully saturated rings. The van der Waals surface area contributed by atoms with E-state index in [2.05, 4.69) is 0 Å². The largest absolute Gasteiger partial charge is 0.294 e. The van der Waals surface area contributed by atoms with E-state index in [1.54, 1.807) is 62.4 Å². The van der Waals surface area contributed by atoms with Crippen LogP contribution in [-0.4, -0.2) is 51.3 Å². The average Bonchev–Trinajstić information content (AvgIpc) is 3.42. The quantitative estimate of drug-likeness (QED) is 0.354. The van der Waals surface area contributed by atoms with Gasteiger partial charge in [0.1, 0.15) is 0 Å². The van der Waals surface area contributed by atoms with E-state index < -0.39 is 35.7 Å². The fraction of sp³-hybridized carbons (Fsp3) is 0.379. The molecule has 0 radical (unpaired) electrons. The maximum atomic E-state index is 13.6. The lowest BCUT2D eigenvalue weighted by Gasteiger charge is -2.42. The first kappa shape index (κ1) is 29.9. The van der Waals surface area contributed by atoms with E-state index in [1.807, 2.05) is 6.92 Å². The highest BCUT2D eigenvalue weighted by Crippen LogP contribution is 2.56. The number of sulfonamides is 1. The van der Waals surface area contributed by atoms with Crippen LogP contribution in [0.3, 0.4) is 0 Å². The van der Waals surface area contributed by atoms with Gasteiger partial charge < -0.3 is 0 Å². The molecule has 2 aliphatic rings. The van der Waals surface area contributed by atoms with Crippen molar-refractivity contribution >= 4 is 30.3 Å². The zero-order valence-electron chi connectivity index (χ0n) is 23.0. The van der Waals surface area contributed by atoms with Gasteiger partial charge in [-0.3, -0.25) is 9.11 Å². The molecule has 3 aromatic rings. The second kappa shape index (κ2) is 10.3. The summed E-state index contributed by atoms with van der Waals surface area (Å²) in [6, 6.07) is 15.5.